The molecule has 0 aliphatic heterocycles. The summed E-state index contributed by atoms with van der Waals surface area (Å²) in [5.41, 5.74) is 9.35. The fourth-order valence-electron chi connectivity index (χ4n) is 10.3. The maximum Gasteiger partial charge on any atom is 0.0546 e. The van der Waals surface area contributed by atoms with E-state index in [-0.39, 0.29) is 5.41 Å². The second-order valence-corrected chi connectivity index (χ2v) is 19.7. The van der Waals surface area contributed by atoms with E-state index < -0.39 is 0 Å². The molecule has 0 radical (unpaired) electrons. The second-order valence-electron chi connectivity index (χ2n) is 19.7. The molecule has 0 unspecified atom stereocenters. The van der Waals surface area contributed by atoms with Gasteiger partial charge in [0, 0.05) is 33.5 Å². The Morgan fingerprint density at radius 3 is 1.00 bits per heavy atom. The SMILES string of the molecule is CC(C)c1ccc2c(c1)c(N(c1ccc3ccccc3c1)c1ccc3ccccc3c1)cc1c3ccc(C(C)(C)C)cc3c(N(c3ccc4ccccc4c3)c3ccc4ccccc4c3)cc21. The van der Waals surface area contributed by atoms with Crippen LogP contribution in [0.25, 0.3) is 75.4 Å². The fourth-order valence-corrected chi connectivity index (χ4v) is 10.3. The Labute approximate surface area is 393 Å². The van der Waals surface area contributed by atoms with E-state index >= 15 is 0 Å². The number of hydrogen-bond acceptors (Lipinski definition) is 2. The zero-order chi connectivity index (χ0) is 45.4. The zero-order valence-corrected chi connectivity index (χ0v) is 38.8. The normalized spacial score (nSPS) is 12.1. The molecule has 0 atom stereocenters. The summed E-state index contributed by atoms with van der Waals surface area (Å²) in [6.07, 6.45) is 0. The van der Waals surface area contributed by atoms with Crippen LogP contribution in [0.2, 0.25) is 0 Å². The second kappa shape index (κ2) is 15.9. The van der Waals surface area contributed by atoms with Gasteiger partial charge in [-0.2, -0.15) is 0 Å². The van der Waals surface area contributed by atoms with Crippen LogP contribution >= 0.6 is 0 Å². The Morgan fingerprint density at radius 2 is 0.642 bits per heavy atom. The molecular weight excluding hydrogens is 809 g/mol. The highest BCUT2D eigenvalue weighted by atomic mass is 15.2. The lowest BCUT2D eigenvalue weighted by Gasteiger charge is -2.31. The van der Waals surface area contributed by atoms with Gasteiger partial charge in [-0.1, -0.05) is 180 Å². The Bertz CT molecular complexity index is 3750. The predicted molar refractivity (Wildman–Crippen MR) is 291 cm³/mol. The third-order valence-corrected chi connectivity index (χ3v) is 14.0. The molecule has 0 aromatic heterocycles. The van der Waals surface area contributed by atoms with E-state index in [4.69, 9.17) is 0 Å². The molecule has 0 saturated heterocycles. The van der Waals surface area contributed by atoms with Crippen LogP contribution in [0.4, 0.5) is 34.1 Å². The van der Waals surface area contributed by atoms with Crippen molar-refractivity contribution in [3.63, 3.8) is 0 Å². The minimum atomic E-state index is -0.0676. The average molecular weight is 861 g/mol. The van der Waals surface area contributed by atoms with Crippen LogP contribution in [0.15, 0.2) is 218 Å². The Morgan fingerprint density at radius 1 is 0.299 bits per heavy atom. The van der Waals surface area contributed by atoms with E-state index in [1.807, 2.05) is 0 Å². The maximum atomic E-state index is 2.51. The van der Waals surface area contributed by atoms with Gasteiger partial charge >= 0.3 is 0 Å². The molecule has 0 aliphatic carbocycles. The first-order valence-corrected chi connectivity index (χ1v) is 23.7. The Balaban J connectivity index is 1.21. The number of rotatable bonds is 7. The van der Waals surface area contributed by atoms with Crippen molar-refractivity contribution >= 4 is 110 Å². The molecule has 0 spiro atoms. The van der Waals surface area contributed by atoms with Gasteiger partial charge in [0.2, 0.25) is 0 Å². The number of fused-ring (bicyclic) bond motifs is 9. The molecule has 0 aliphatic rings. The highest BCUT2D eigenvalue weighted by Gasteiger charge is 2.25. The summed E-state index contributed by atoms with van der Waals surface area (Å²) in [4.78, 5) is 5.01. The van der Waals surface area contributed by atoms with Crippen molar-refractivity contribution in [3.8, 4) is 0 Å². The minimum Gasteiger partial charge on any atom is -0.310 e. The predicted octanol–water partition coefficient (Wildman–Crippen LogP) is 19.1. The molecule has 0 heterocycles. The van der Waals surface area contributed by atoms with Crippen LogP contribution in [-0.2, 0) is 5.41 Å². The van der Waals surface area contributed by atoms with E-state index in [1.165, 1.54) is 86.5 Å². The summed E-state index contributed by atoms with van der Waals surface area (Å²) in [5, 5.41) is 17.1. The van der Waals surface area contributed by atoms with Crippen molar-refractivity contribution in [1.82, 2.24) is 0 Å². The number of nitrogens with zero attached hydrogens (tertiary/aromatic N) is 2. The van der Waals surface area contributed by atoms with E-state index in [0.29, 0.717) is 5.92 Å². The van der Waals surface area contributed by atoms with E-state index in [1.54, 1.807) is 0 Å². The number of benzene rings is 12. The molecule has 0 amide bonds. The molecule has 67 heavy (non-hydrogen) atoms. The Kier molecular flexibility index (Phi) is 9.62. The van der Waals surface area contributed by atoms with Crippen molar-refractivity contribution in [2.45, 2.75) is 46.0 Å². The summed E-state index contributed by atoms with van der Waals surface area (Å²) in [6, 6.07) is 81.9. The largest absolute Gasteiger partial charge is 0.310 e. The monoisotopic (exact) mass is 860 g/mol. The van der Waals surface area contributed by atoms with Crippen molar-refractivity contribution in [2.24, 2.45) is 0 Å². The molecule has 12 rings (SSSR count). The van der Waals surface area contributed by atoms with E-state index in [0.717, 1.165) is 34.1 Å². The van der Waals surface area contributed by atoms with Gasteiger partial charge in [0.1, 0.15) is 0 Å². The van der Waals surface area contributed by atoms with E-state index in [9.17, 15) is 0 Å². The third kappa shape index (κ3) is 7.12. The van der Waals surface area contributed by atoms with Crippen molar-refractivity contribution < 1.29 is 0 Å². The van der Waals surface area contributed by atoms with Crippen molar-refractivity contribution in [2.75, 3.05) is 9.80 Å². The third-order valence-electron chi connectivity index (χ3n) is 14.0. The molecule has 0 N–H and O–H groups in total. The number of anilines is 6. The smallest absolute Gasteiger partial charge is 0.0546 e. The average Bonchev–Trinajstić information content (AvgIpc) is 3.36. The highest BCUT2D eigenvalue weighted by Crippen LogP contribution is 2.50. The first-order valence-electron chi connectivity index (χ1n) is 23.7. The minimum absolute atomic E-state index is 0.0676. The summed E-state index contributed by atoms with van der Waals surface area (Å²) in [7, 11) is 0. The van der Waals surface area contributed by atoms with Gasteiger partial charge in [-0.05, 0) is 160 Å². The molecule has 12 aromatic carbocycles. The molecule has 2 nitrogen and oxygen atoms in total. The first-order chi connectivity index (χ1) is 32.6. The highest BCUT2D eigenvalue weighted by molar-refractivity contribution is 6.25. The van der Waals surface area contributed by atoms with Gasteiger partial charge in [-0.15, -0.1) is 0 Å². The van der Waals surface area contributed by atoms with Gasteiger partial charge < -0.3 is 9.80 Å². The van der Waals surface area contributed by atoms with Gasteiger partial charge in [-0.25, -0.2) is 0 Å². The van der Waals surface area contributed by atoms with Crippen LogP contribution in [0.3, 0.4) is 0 Å². The van der Waals surface area contributed by atoms with Crippen LogP contribution in [0, 0.1) is 0 Å². The lowest BCUT2D eigenvalue weighted by molar-refractivity contribution is 0.591. The summed E-state index contributed by atoms with van der Waals surface area (Å²) < 4.78 is 0. The molecule has 322 valence electrons. The number of hydrogen-bond donors (Lipinski definition) is 0. The van der Waals surface area contributed by atoms with Crippen molar-refractivity contribution in [1.29, 1.82) is 0 Å². The topological polar surface area (TPSA) is 6.48 Å². The molecule has 0 saturated carbocycles. The quantitative estimate of drug-likeness (QED) is 0.147. The van der Waals surface area contributed by atoms with Crippen LogP contribution < -0.4 is 9.80 Å². The summed E-state index contributed by atoms with van der Waals surface area (Å²) >= 11 is 0. The zero-order valence-electron chi connectivity index (χ0n) is 38.8. The first kappa shape index (κ1) is 40.6. The van der Waals surface area contributed by atoms with Gasteiger partial charge in [-0.3, -0.25) is 0 Å². The van der Waals surface area contributed by atoms with Gasteiger partial charge in [0.25, 0.3) is 0 Å². The van der Waals surface area contributed by atoms with Crippen LogP contribution in [0.5, 0.6) is 0 Å². The molecule has 12 aromatic rings. The lowest BCUT2D eigenvalue weighted by Crippen LogP contribution is -2.13. The maximum absolute atomic E-state index is 2.51. The van der Waals surface area contributed by atoms with Crippen LogP contribution in [-0.4, -0.2) is 0 Å². The van der Waals surface area contributed by atoms with Gasteiger partial charge in [0.15, 0.2) is 0 Å². The lowest BCUT2D eigenvalue weighted by atomic mass is 9.84. The van der Waals surface area contributed by atoms with Gasteiger partial charge in [0.05, 0.1) is 11.4 Å². The summed E-state index contributed by atoms with van der Waals surface area (Å²) in [6.45, 7) is 11.6. The fraction of sp³-hybridized carbons (Fsp3) is 0.108. The molecule has 0 fully saturated rings. The molecule has 0 bridgehead atoms. The summed E-state index contributed by atoms with van der Waals surface area (Å²) in [5.74, 6) is 0.349. The van der Waals surface area contributed by atoms with E-state index in [2.05, 4.69) is 263 Å². The van der Waals surface area contributed by atoms with Crippen LogP contribution in [0.1, 0.15) is 51.7 Å². The molecular formula is C65H52N2. The van der Waals surface area contributed by atoms with Crippen molar-refractivity contribution in [3.05, 3.63) is 230 Å². The molecule has 2 heteroatoms. The standard InChI is InChI=1S/C65H52N2/c1-42(2)47-26-32-57-59-41-64(67(55-30-24-45-16-8-12-20-50(45)36-55)56-31-25-46-17-9-13-21-51(46)37-56)62-39-52(65(3,4)5)27-33-58(62)60(59)40-63(61(57)38-47)66(53-28-22-43-14-6-10-18-48(43)34-53)54-29-23-44-15-7-11-19-49(44)35-54/h6-42H,1-5H3. The Hall–Kier alpha value is -7.94.